The number of thiophene rings is 7. The molecule has 15 aromatic heterocycles. The first-order valence-corrected chi connectivity index (χ1v) is 45.9. The summed E-state index contributed by atoms with van der Waals surface area (Å²) in [7, 11) is 4.50. The summed E-state index contributed by atoms with van der Waals surface area (Å²) in [5.41, 5.74) is 39.5. The molecule has 0 radical (unpaired) electrons. The molecule has 0 saturated heterocycles. The summed E-state index contributed by atoms with van der Waals surface area (Å²) in [6.45, 7) is 21.6. The molecule has 0 aliphatic heterocycles. The average Bonchev–Trinajstić information content (AvgIpc) is 1.53. The maximum absolute atomic E-state index is 6.74. The number of benzene rings is 11. The molecule has 11 aromatic carbocycles. The maximum Gasteiger partial charge on any atom is 0.161 e. The zero-order valence-electron chi connectivity index (χ0n) is 66.8. The smallest absolute Gasteiger partial charge is 0.161 e. The average molecular weight is 1650 g/mol. The summed E-state index contributed by atoms with van der Waals surface area (Å²) >= 11 is 13.9. The third kappa shape index (κ3) is 9.71. The number of nitrogens with zero attached hydrogens (tertiary/aromatic N) is 6. The van der Waals surface area contributed by atoms with Crippen molar-refractivity contribution >= 4 is 267 Å². The third-order valence-corrected chi connectivity index (χ3v) is 34.3. The largest absolute Gasteiger partial charge is 0.454 e. The van der Waals surface area contributed by atoms with Crippen molar-refractivity contribution in [3.63, 3.8) is 0 Å². The predicted molar refractivity (Wildman–Crippen MR) is 515 cm³/mol. The van der Waals surface area contributed by atoms with E-state index in [2.05, 4.69) is 329 Å². The Kier molecular flexibility index (Phi) is 14.6. The third-order valence-electron chi connectivity index (χ3n) is 25.1. The van der Waals surface area contributed by atoms with E-state index in [1.807, 2.05) is 79.4 Å². The number of aryl methyl sites for hydroxylation is 12. The highest BCUT2D eigenvalue weighted by Crippen LogP contribution is 2.59. The van der Waals surface area contributed by atoms with Crippen molar-refractivity contribution in [3.8, 4) is 33.3 Å². The summed E-state index contributed by atoms with van der Waals surface area (Å²) in [4.78, 5) is 1.49. The van der Waals surface area contributed by atoms with Crippen molar-refractivity contribution in [2.45, 2.75) is 75.7 Å². The monoisotopic (exact) mass is 1650 g/mol. The second-order valence-corrected chi connectivity index (χ2v) is 40.4. The first-order valence-electron chi connectivity index (χ1n) is 40.2. The van der Waals surface area contributed by atoms with Crippen LogP contribution < -0.4 is 0 Å². The molecule has 0 amide bonds. The van der Waals surface area contributed by atoms with E-state index >= 15 is 0 Å². The van der Waals surface area contributed by atoms with Crippen molar-refractivity contribution in [2.24, 2.45) is 14.1 Å². The molecule has 570 valence electrons. The molecule has 118 heavy (non-hydrogen) atoms. The van der Waals surface area contributed by atoms with Gasteiger partial charge in [-0.3, -0.25) is 0 Å². The molecule has 0 bridgehead atoms. The molecule has 0 saturated carbocycles. The number of fused-ring (bicyclic) bond motifs is 36. The number of hydrogen-bond acceptors (Lipinski definition) is 9. The summed E-state index contributed by atoms with van der Waals surface area (Å²) in [6.07, 6.45) is 1.06. The van der Waals surface area contributed by atoms with E-state index in [1.54, 1.807) is 5.56 Å². The Hall–Kier alpha value is -11.8. The van der Waals surface area contributed by atoms with Gasteiger partial charge >= 0.3 is 0 Å². The molecule has 1 aliphatic carbocycles. The topological polar surface area (TPSA) is 55.9 Å². The van der Waals surface area contributed by atoms with E-state index in [0.29, 0.717) is 0 Å². The SMILES string of the molecule is Cc1ccc(-n2c3cc(C)ccc3c3oc4cc5c6oc7cc(C)ccc7c6n(-c6ccc(C)cc6)c5cc4c32)cc1.Cc1ccc(-n2c3cc(C)ccc3c3sc4c5sc6c7sc8cc(C)ccc8c7n(-c7ccc(C)cc7)c6c5sc4c32)cc1.Cc1ccc2c(c1)sc1c3sc4c5c(sc4c3n(C)c21)-c1c(c2ccc(C)cc2n1C)C5. The second-order valence-electron chi connectivity index (χ2n) is 33.2. The minimum absolute atomic E-state index is 0.857. The molecule has 1 aliphatic rings. The van der Waals surface area contributed by atoms with E-state index in [0.717, 1.165) is 83.7 Å². The quantitative estimate of drug-likeness (QED) is 0.176. The van der Waals surface area contributed by atoms with Crippen LogP contribution in [-0.4, -0.2) is 27.4 Å². The summed E-state index contributed by atoms with van der Waals surface area (Å²) in [6, 6.07) is 80.8. The van der Waals surface area contributed by atoms with E-state index in [-0.39, 0.29) is 0 Å². The van der Waals surface area contributed by atoms with Gasteiger partial charge in [0, 0.05) is 101 Å². The highest BCUT2D eigenvalue weighted by Gasteiger charge is 2.34. The number of rotatable bonds is 4. The van der Waals surface area contributed by atoms with Crippen LogP contribution in [0.15, 0.2) is 227 Å². The number of furan rings is 2. The fourth-order valence-electron chi connectivity index (χ4n) is 19.4. The van der Waals surface area contributed by atoms with E-state index < -0.39 is 0 Å². The molecule has 26 aromatic rings. The maximum atomic E-state index is 6.74. The lowest BCUT2D eigenvalue weighted by atomic mass is 10.1. The molecule has 15 heterocycles. The van der Waals surface area contributed by atoms with Crippen molar-refractivity contribution in [1.29, 1.82) is 0 Å². The Morgan fingerprint density at radius 1 is 0.237 bits per heavy atom. The lowest BCUT2D eigenvalue weighted by Gasteiger charge is -2.10. The van der Waals surface area contributed by atoms with Crippen LogP contribution in [0.5, 0.6) is 0 Å². The first kappa shape index (κ1) is 69.4. The van der Waals surface area contributed by atoms with E-state index in [9.17, 15) is 0 Å². The van der Waals surface area contributed by atoms with Crippen LogP contribution in [0.25, 0.3) is 221 Å². The van der Waals surface area contributed by atoms with Crippen molar-refractivity contribution in [2.75, 3.05) is 0 Å². The van der Waals surface area contributed by atoms with Gasteiger partial charge in [0.15, 0.2) is 11.2 Å². The Balaban J connectivity index is 0.0000000998. The lowest BCUT2D eigenvalue weighted by molar-refractivity contribution is 0.669. The van der Waals surface area contributed by atoms with Gasteiger partial charge in [0.2, 0.25) is 0 Å². The van der Waals surface area contributed by atoms with Gasteiger partial charge in [0.1, 0.15) is 22.2 Å². The van der Waals surface area contributed by atoms with Crippen LogP contribution >= 0.6 is 79.4 Å². The van der Waals surface area contributed by atoms with Gasteiger partial charge in [-0.25, -0.2) is 0 Å². The van der Waals surface area contributed by atoms with Crippen molar-refractivity contribution in [1.82, 2.24) is 27.4 Å². The predicted octanol–water partition coefficient (Wildman–Crippen LogP) is 31.9. The Bertz CT molecular complexity index is 8900. The number of aromatic nitrogens is 6. The van der Waals surface area contributed by atoms with E-state index in [4.69, 9.17) is 8.83 Å². The summed E-state index contributed by atoms with van der Waals surface area (Å²) in [5.74, 6) is 0. The number of hydrogen-bond donors (Lipinski definition) is 0. The zero-order valence-corrected chi connectivity index (χ0v) is 72.6. The first-order chi connectivity index (χ1) is 57.4. The summed E-state index contributed by atoms with van der Waals surface area (Å²) in [5, 5.41) is 9.87. The molecule has 15 heteroatoms. The van der Waals surface area contributed by atoms with Crippen LogP contribution in [0.4, 0.5) is 0 Å². The molecule has 8 nitrogen and oxygen atoms in total. The molecule has 0 atom stereocenters. The fraction of sp³-hybridized carbons (Fsp3) is 0.126. The standard InChI is InChI=1S/C38H28N2O2.C38H26N2S4.C27H20N2S3/c1-21-5-11-25(12-6-21)39-31-17-23(3)9-15-27(31)37-36(39)30-19-32-29(20-34(30)42-37)38-35(28-16-10-24(4)18-33(28)41-38)40(32)26-13-7-22(2)8-14-26;1-19-5-11-23(12-6-19)39-27-17-21(3)9-15-25(27)32-30(39)35-37(42-32)38-36(43-35)31-34(44-38)33-29(26-16-10-22(4)18-28(26)41-33)40(31)24-13-7-20(2)8-14-24;1-12-5-7-14-16-11-17-23(21(16)28(3)18(14)9-12)31-26-22-27(32-24(17)26)25-20(29(22)4)15-8-6-13(2)10-19(15)30-25/h5-20H,1-4H3;5-18H,1-4H3;5-10H,11H2,1-4H3. The van der Waals surface area contributed by atoms with Crippen LogP contribution in [-0.2, 0) is 20.5 Å². The molecular weight excluding hydrogens is 1580 g/mol. The van der Waals surface area contributed by atoms with Crippen LogP contribution in [0.3, 0.4) is 0 Å². The highest BCUT2D eigenvalue weighted by molar-refractivity contribution is 7.45. The van der Waals surface area contributed by atoms with Crippen molar-refractivity contribution < 1.29 is 8.83 Å². The molecular formula is C103H74N6O2S7. The van der Waals surface area contributed by atoms with Crippen LogP contribution in [0.1, 0.15) is 66.8 Å². The van der Waals surface area contributed by atoms with Gasteiger partial charge in [0.25, 0.3) is 0 Å². The van der Waals surface area contributed by atoms with Crippen LogP contribution in [0.2, 0.25) is 0 Å². The minimum atomic E-state index is 0.857. The van der Waals surface area contributed by atoms with Gasteiger partial charge in [-0.2, -0.15) is 0 Å². The lowest BCUT2D eigenvalue weighted by Crippen LogP contribution is -1.95. The van der Waals surface area contributed by atoms with Crippen molar-refractivity contribution in [3.05, 3.63) is 285 Å². The zero-order chi connectivity index (χ0) is 79.2. The van der Waals surface area contributed by atoms with Gasteiger partial charge in [-0.1, -0.05) is 131 Å². The molecule has 0 N–H and O–H groups in total. The van der Waals surface area contributed by atoms with Crippen LogP contribution in [0, 0.1) is 69.2 Å². The van der Waals surface area contributed by atoms with Gasteiger partial charge in [-0.15, -0.1) is 79.4 Å². The Morgan fingerprint density at radius 3 is 1.21 bits per heavy atom. The molecule has 27 rings (SSSR count). The van der Waals surface area contributed by atoms with E-state index in [1.165, 1.54) is 204 Å². The molecule has 0 unspecified atom stereocenters. The molecule has 0 fully saturated rings. The van der Waals surface area contributed by atoms with Gasteiger partial charge < -0.3 is 36.2 Å². The Labute approximate surface area is 704 Å². The normalized spacial score (nSPS) is 12.7. The Morgan fingerprint density at radius 2 is 0.619 bits per heavy atom. The summed E-state index contributed by atoms with van der Waals surface area (Å²) < 4.78 is 46.6. The van der Waals surface area contributed by atoms with Gasteiger partial charge in [-0.05, 0) is 223 Å². The highest BCUT2D eigenvalue weighted by atomic mass is 32.1. The minimum Gasteiger partial charge on any atom is -0.454 e. The molecule has 0 spiro atoms. The fourth-order valence-corrected chi connectivity index (χ4v) is 29.8. The second kappa shape index (κ2) is 24.9. The van der Waals surface area contributed by atoms with Gasteiger partial charge in [0.05, 0.1) is 106 Å².